The van der Waals surface area contributed by atoms with Gasteiger partial charge in [0.25, 0.3) is 0 Å². The number of nitrogen functional groups attached to an aromatic ring is 1. The third-order valence-corrected chi connectivity index (χ3v) is 2.22. The summed E-state index contributed by atoms with van der Waals surface area (Å²) in [6, 6.07) is 1.12. The zero-order valence-electron chi connectivity index (χ0n) is 9.40. The summed E-state index contributed by atoms with van der Waals surface area (Å²) in [6.45, 7) is 0. The van der Waals surface area contributed by atoms with Gasteiger partial charge >= 0.3 is 11.9 Å². The van der Waals surface area contributed by atoms with E-state index < -0.39 is 24.1 Å². The fourth-order valence-electron chi connectivity index (χ4n) is 1.27. The van der Waals surface area contributed by atoms with Crippen molar-refractivity contribution in [1.82, 2.24) is 4.98 Å². The number of aliphatic hydroxyl groups excluding tert-OH is 2. The van der Waals surface area contributed by atoms with Gasteiger partial charge in [-0.15, -0.1) is 0 Å². The van der Waals surface area contributed by atoms with Gasteiger partial charge in [-0.25, -0.2) is 14.6 Å². The Bertz CT molecular complexity index is 475. The second-order valence-electron chi connectivity index (χ2n) is 3.42. The number of aromatic carboxylic acids is 1. The lowest BCUT2D eigenvalue weighted by molar-refractivity contribution is -0.156. The molecule has 2 atom stereocenters. The number of nitrogens with two attached hydrogens (primary N) is 1. The van der Waals surface area contributed by atoms with Crippen LogP contribution in [0.2, 0.25) is 0 Å². The third-order valence-electron chi connectivity index (χ3n) is 2.22. The van der Waals surface area contributed by atoms with Gasteiger partial charge in [0, 0.05) is 11.8 Å². The topological polar surface area (TPSA) is 143 Å². The van der Waals surface area contributed by atoms with E-state index in [4.69, 9.17) is 10.8 Å². The number of anilines is 1. The van der Waals surface area contributed by atoms with Crippen molar-refractivity contribution < 1.29 is 29.6 Å². The fourth-order valence-corrected chi connectivity index (χ4v) is 1.27. The molecule has 0 aromatic carbocycles. The van der Waals surface area contributed by atoms with Gasteiger partial charge in [0.05, 0.1) is 12.8 Å². The standard InChI is InChI=1S/C10H12N2O6/c1-18-10(17)8(14)7(13)4-2-5(11)6(9(15)16)12-3-4/h2-3,7-8,13-14H,11H2,1H3,(H,15,16). The minimum absolute atomic E-state index is 0.00963. The molecule has 2 unspecified atom stereocenters. The van der Waals surface area contributed by atoms with Crippen LogP contribution in [0.3, 0.4) is 0 Å². The molecule has 8 nitrogen and oxygen atoms in total. The lowest BCUT2D eigenvalue weighted by atomic mass is 10.1. The van der Waals surface area contributed by atoms with Crippen LogP contribution in [-0.4, -0.2) is 45.5 Å². The van der Waals surface area contributed by atoms with E-state index in [9.17, 15) is 19.8 Å². The molecule has 0 spiro atoms. The minimum atomic E-state index is -1.80. The molecule has 1 aromatic rings. The molecule has 5 N–H and O–H groups in total. The van der Waals surface area contributed by atoms with Crippen LogP contribution in [0.25, 0.3) is 0 Å². The van der Waals surface area contributed by atoms with Crippen molar-refractivity contribution in [2.24, 2.45) is 0 Å². The van der Waals surface area contributed by atoms with Gasteiger partial charge in [-0.2, -0.15) is 0 Å². The first kappa shape index (κ1) is 13.9. The number of aromatic nitrogens is 1. The number of ether oxygens (including phenoxy) is 1. The van der Waals surface area contributed by atoms with Gasteiger partial charge in [0.2, 0.25) is 0 Å². The second-order valence-corrected chi connectivity index (χ2v) is 3.42. The van der Waals surface area contributed by atoms with E-state index in [1.54, 1.807) is 0 Å². The summed E-state index contributed by atoms with van der Waals surface area (Å²) in [5.74, 6) is -2.34. The number of esters is 1. The Morgan fingerprint density at radius 3 is 2.50 bits per heavy atom. The molecule has 1 rings (SSSR count). The maximum absolute atomic E-state index is 11.0. The molecule has 0 aliphatic carbocycles. The van der Waals surface area contributed by atoms with Crippen LogP contribution in [0.1, 0.15) is 22.2 Å². The first-order valence-electron chi connectivity index (χ1n) is 4.81. The Kier molecular flexibility index (Phi) is 4.18. The number of carboxylic acid groups (broad SMARTS) is 1. The Morgan fingerprint density at radius 2 is 2.06 bits per heavy atom. The number of aliphatic hydroxyl groups is 2. The lowest BCUT2D eigenvalue weighted by Crippen LogP contribution is -2.29. The first-order chi connectivity index (χ1) is 8.38. The maximum atomic E-state index is 11.0. The van der Waals surface area contributed by atoms with Crippen LogP contribution >= 0.6 is 0 Å². The van der Waals surface area contributed by atoms with Gasteiger partial charge in [-0.1, -0.05) is 0 Å². The van der Waals surface area contributed by atoms with Crippen molar-refractivity contribution in [3.8, 4) is 0 Å². The second kappa shape index (κ2) is 5.43. The number of carbonyl (C=O) groups excluding carboxylic acids is 1. The molecule has 1 aromatic heterocycles. The fraction of sp³-hybridized carbons (Fsp3) is 0.300. The average molecular weight is 256 g/mol. The van der Waals surface area contributed by atoms with Gasteiger partial charge in [0.1, 0.15) is 6.10 Å². The molecule has 0 bridgehead atoms. The van der Waals surface area contributed by atoms with Gasteiger partial charge in [-0.3, -0.25) is 0 Å². The highest BCUT2D eigenvalue weighted by molar-refractivity contribution is 5.91. The van der Waals surface area contributed by atoms with Crippen LogP contribution in [0, 0.1) is 0 Å². The quantitative estimate of drug-likeness (QED) is 0.498. The van der Waals surface area contributed by atoms with Gasteiger partial charge in [0.15, 0.2) is 11.8 Å². The smallest absolute Gasteiger partial charge is 0.356 e. The lowest BCUT2D eigenvalue weighted by Gasteiger charge is -2.16. The molecular formula is C10H12N2O6. The normalized spacial score (nSPS) is 13.7. The highest BCUT2D eigenvalue weighted by Crippen LogP contribution is 2.20. The Labute approximate surface area is 102 Å². The number of hydrogen-bond acceptors (Lipinski definition) is 7. The highest BCUT2D eigenvalue weighted by Gasteiger charge is 2.27. The van der Waals surface area contributed by atoms with E-state index in [1.807, 2.05) is 0 Å². The first-order valence-corrected chi connectivity index (χ1v) is 4.81. The van der Waals surface area contributed by atoms with E-state index in [-0.39, 0.29) is 16.9 Å². The van der Waals surface area contributed by atoms with Crippen molar-refractivity contribution in [2.75, 3.05) is 12.8 Å². The predicted octanol–water partition coefficient (Wildman–Crippen LogP) is -1.07. The van der Waals surface area contributed by atoms with E-state index in [1.165, 1.54) is 0 Å². The molecule has 0 saturated heterocycles. The van der Waals surface area contributed by atoms with Gasteiger partial charge in [-0.05, 0) is 6.07 Å². The number of hydrogen-bond donors (Lipinski definition) is 4. The molecule has 0 amide bonds. The van der Waals surface area contributed by atoms with Crippen LogP contribution in [0.15, 0.2) is 12.3 Å². The van der Waals surface area contributed by atoms with Crippen molar-refractivity contribution in [2.45, 2.75) is 12.2 Å². The monoisotopic (exact) mass is 256 g/mol. The molecule has 8 heteroatoms. The molecule has 98 valence electrons. The van der Waals surface area contributed by atoms with E-state index in [2.05, 4.69) is 9.72 Å². The number of carbonyl (C=O) groups is 2. The molecule has 0 aliphatic rings. The summed E-state index contributed by atoms with van der Waals surface area (Å²) in [4.78, 5) is 25.2. The summed E-state index contributed by atoms with van der Waals surface area (Å²) in [5, 5.41) is 27.8. The zero-order valence-corrected chi connectivity index (χ0v) is 9.40. The minimum Gasteiger partial charge on any atom is -0.476 e. The Hall–Kier alpha value is -2.19. The molecule has 0 fully saturated rings. The van der Waals surface area contributed by atoms with Crippen molar-refractivity contribution >= 4 is 17.6 Å². The van der Waals surface area contributed by atoms with Crippen LogP contribution < -0.4 is 5.73 Å². The summed E-state index contributed by atoms with van der Waals surface area (Å²) >= 11 is 0. The number of pyridine rings is 1. The molecule has 18 heavy (non-hydrogen) atoms. The predicted molar refractivity (Wildman–Crippen MR) is 58.6 cm³/mol. The van der Waals surface area contributed by atoms with E-state index in [0.717, 1.165) is 19.4 Å². The third kappa shape index (κ3) is 2.73. The number of rotatable bonds is 4. The number of nitrogens with zero attached hydrogens (tertiary/aromatic N) is 1. The summed E-state index contributed by atoms with van der Waals surface area (Å²) in [6.07, 6.45) is -2.39. The van der Waals surface area contributed by atoms with Crippen LogP contribution in [-0.2, 0) is 9.53 Å². The zero-order chi connectivity index (χ0) is 13.9. The maximum Gasteiger partial charge on any atom is 0.356 e. The highest BCUT2D eigenvalue weighted by atomic mass is 16.5. The van der Waals surface area contributed by atoms with Crippen molar-refractivity contribution in [1.29, 1.82) is 0 Å². The van der Waals surface area contributed by atoms with Crippen molar-refractivity contribution in [3.05, 3.63) is 23.5 Å². The van der Waals surface area contributed by atoms with Crippen LogP contribution in [0.4, 0.5) is 5.69 Å². The number of methoxy groups -OCH3 is 1. The average Bonchev–Trinajstić information content (AvgIpc) is 2.35. The molecule has 0 radical (unpaired) electrons. The summed E-state index contributed by atoms with van der Waals surface area (Å²) < 4.78 is 4.25. The molecular weight excluding hydrogens is 244 g/mol. The summed E-state index contributed by atoms with van der Waals surface area (Å²) in [7, 11) is 1.05. The Morgan fingerprint density at radius 1 is 1.44 bits per heavy atom. The summed E-state index contributed by atoms with van der Waals surface area (Å²) in [5.41, 5.74) is 4.87. The van der Waals surface area contributed by atoms with Crippen LogP contribution in [0.5, 0.6) is 0 Å². The van der Waals surface area contributed by atoms with E-state index >= 15 is 0 Å². The number of carboxylic acids is 1. The molecule has 0 saturated carbocycles. The molecule has 0 aliphatic heterocycles. The Balaban J connectivity index is 3.01. The largest absolute Gasteiger partial charge is 0.476 e. The van der Waals surface area contributed by atoms with E-state index in [0.29, 0.717) is 0 Å². The SMILES string of the molecule is COC(=O)C(O)C(O)c1cnc(C(=O)O)c(N)c1. The van der Waals surface area contributed by atoms with Crippen molar-refractivity contribution in [3.63, 3.8) is 0 Å². The molecule has 1 heterocycles. The van der Waals surface area contributed by atoms with Gasteiger partial charge < -0.3 is 25.8 Å².